The molecule has 0 saturated heterocycles. The molecule has 0 aromatic heterocycles. The van der Waals surface area contributed by atoms with Gasteiger partial charge in [-0.3, -0.25) is 15.3 Å². The molecule has 4 N–H and O–H groups in total. The molecule has 32 heavy (non-hydrogen) atoms. The number of carbonyl (C=O) groups is 2. The van der Waals surface area contributed by atoms with Gasteiger partial charge in [0, 0.05) is 17.7 Å². The van der Waals surface area contributed by atoms with Gasteiger partial charge in [-0.1, -0.05) is 25.1 Å². The van der Waals surface area contributed by atoms with Crippen molar-refractivity contribution >= 4 is 17.7 Å². The van der Waals surface area contributed by atoms with Gasteiger partial charge in [-0.2, -0.15) is 0 Å². The minimum absolute atomic E-state index is 0.0934. The second-order valence-electron chi connectivity index (χ2n) is 6.91. The van der Waals surface area contributed by atoms with E-state index < -0.39 is 18.1 Å². The first-order chi connectivity index (χ1) is 15.5. The number of rotatable bonds is 11. The Bertz CT molecular complexity index is 882. The number of nitrogens with one attached hydrogen (secondary N) is 2. The molecule has 0 saturated carbocycles. The molecular formula is C23H28N2O7. The normalized spacial score (nSPS) is 12.6. The van der Waals surface area contributed by atoms with Gasteiger partial charge in [-0.15, -0.1) is 0 Å². The van der Waals surface area contributed by atoms with Crippen molar-refractivity contribution in [2.24, 2.45) is 5.92 Å². The largest absolute Gasteiger partial charge is 0.497 e. The minimum Gasteiger partial charge on any atom is -0.497 e. The number of hydrogen-bond donors (Lipinski definition) is 4. The van der Waals surface area contributed by atoms with Crippen LogP contribution in [0.15, 0.2) is 60.7 Å². The zero-order valence-corrected chi connectivity index (χ0v) is 18.0. The number of aliphatic hydroxyl groups excluding tert-OH is 1. The summed E-state index contributed by atoms with van der Waals surface area (Å²) < 4.78 is 16.2. The number of benzene rings is 2. The van der Waals surface area contributed by atoms with Gasteiger partial charge in [0.2, 0.25) is 0 Å². The molecule has 0 heterocycles. The maximum absolute atomic E-state index is 12.6. The topological polar surface area (TPSA) is 126 Å². The summed E-state index contributed by atoms with van der Waals surface area (Å²) >= 11 is 0. The fraction of sp³-hybridized carbons (Fsp3) is 0.304. The van der Waals surface area contributed by atoms with Gasteiger partial charge < -0.3 is 19.3 Å². The third-order valence-corrected chi connectivity index (χ3v) is 4.54. The van der Waals surface area contributed by atoms with Crippen molar-refractivity contribution in [2.45, 2.75) is 19.4 Å². The van der Waals surface area contributed by atoms with Crippen LogP contribution in [0.3, 0.4) is 0 Å². The molecule has 9 nitrogen and oxygen atoms in total. The van der Waals surface area contributed by atoms with Crippen molar-refractivity contribution in [3.63, 3.8) is 0 Å². The van der Waals surface area contributed by atoms with Crippen LogP contribution in [0.5, 0.6) is 11.5 Å². The van der Waals surface area contributed by atoms with E-state index in [1.54, 1.807) is 61.7 Å². The van der Waals surface area contributed by atoms with Crippen molar-refractivity contribution in [3.8, 4) is 11.5 Å². The maximum atomic E-state index is 12.6. The predicted octanol–water partition coefficient (Wildman–Crippen LogP) is 3.44. The number of anilines is 1. The molecule has 2 aromatic rings. The number of ether oxygens (including phenoxy) is 3. The summed E-state index contributed by atoms with van der Waals surface area (Å²) in [5.41, 5.74) is 2.81. The molecule has 0 spiro atoms. The van der Waals surface area contributed by atoms with Crippen molar-refractivity contribution in [2.75, 3.05) is 25.6 Å². The predicted molar refractivity (Wildman–Crippen MR) is 118 cm³/mol. The average Bonchev–Trinajstić information content (AvgIpc) is 2.81. The van der Waals surface area contributed by atoms with Crippen LogP contribution in [-0.4, -0.2) is 42.6 Å². The first kappa shape index (κ1) is 24.7. The van der Waals surface area contributed by atoms with Crippen LogP contribution in [0.4, 0.5) is 10.5 Å². The lowest BCUT2D eigenvalue weighted by Crippen LogP contribution is -2.22. The maximum Gasteiger partial charge on any atom is 0.412 e. The lowest BCUT2D eigenvalue weighted by molar-refractivity contribution is -0.124. The molecule has 2 rings (SSSR count). The third kappa shape index (κ3) is 7.93. The Balaban J connectivity index is 2.13. The van der Waals surface area contributed by atoms with E-state index in [4.69, 9.17) is 24.5 Å². The van der Waals surface area contributed by atoms with Crippen LogP contribution in [0, 0.1) is 5.92 Å². The molecule has 2 aromatic carbocycles. The van der Waals surface area contributed by atoms with Crippen LogP contribution in [0.25, 0.3) is 0 Å². The quantitative estimate of drug-likeness (QED) is 0.238. The van der Waals surface area contributed by atoms with E-state index in [-0.39, 0.29) is 19.1 Å². The highest BCUT2D eigenvalue weighted by Gasteiger charge is 2.23. The van der Waals surface area contributed by atoms with E-state index in [2.05, 4.69) is 5.32 Å². The summed E-state index contributed by atoms with van der Waals surface area (Å²) in [7, 11) is 1.56. The summed E-state index contributed by atoms with van der Waals surface area (Å²) in [6.07, 6.45) is 1.95. The Morgan fingerprint density at radius 1 is 1.06 bits per heavy atom. The fourth-order valence-electron chi connectivity index (χ4n) is 2.92. The Kier molecular flexibility index (Phi) is 10.0. The summed E-state index contributed by atoms with van der Waals surface area (Å²) in [4.78, 5) is 23.8. The van der Waals surface area contributed by atoms with Crippen LogP contribution in [0.1, 0.15) is 25.0 Å². The van der Waals surface area contributed by atoms with E-state index >= 15 is 0 Å². The lowest BCUT2D eigenvalue weighted by atomic mass is 9.94. The zero-order valence-electron chi connectivity index (χ0n) is 18.0. The number of aliphatic hydroxyl groups is 1. The molecule has 2 atom stereocenters. The number of methoxy groups -OCH3 is 1. The smallest absolute Gasteiger partial charge is 0.412 e. The van der Waals surface area contributed by atoms with Gasteiger partial charge in [0.05, 0.1) is 13.7 Å². The fourth-order valence-corrected chi connectivity index (χ4v) is 2.92. The van der Waals surface area contributed by atoms with Gasteiger partial charge in [-0.25, -0.2) is 10.3 Å². The van der Waals surface area contributed by atoms with Crippen molar-refractivity contribution in [3.05, 3.63) is 66.2 Å². The van der Waals surface area contributed by atoms with Crippen LogP contribution in [0.2, 0.25) is 0 Å². The first-order valence-corrected chi connectivity index (χ1v) is 10.0. The second-order valence-corrected chi connectivity index (χ2v) is 6.91. The summed E-state index contributed by atoms with van der Waals surface area (Å²) in [5, 5.41) is 20.2. The number of hydrogen-bond acceptors (Lipinski definition) is 7. The zero-order chi connectivity index (χ0) is 23.3. The lowest BCUT2D eigenvalue weighted by Gasteiger charge is -2.24. The standard InChI is InChI=1S/C23H28N2O7/c1-16(4-3-5-21(27)25-29)22(17-6-10-20(11-7-17)31-15-14-26)32-23(28)24-18-8-12-19(30-2)13-9-18/h3,5-13,16,22,26,29H,4,14-15H2,1-2H3,(H,24,28)(H,25,27)/b5-3+/t16-,22-/m0/s1. The molecule has 2 amide bonds. The van der Waals surface area contributed by atoms with Crippen LogP contribution < -0.4 is 20.3 Å². The molecule has 0 aliphatic heterocycles. The van der Waals surface area contributed by atoms with E-state index in [0.29, 0.717) is 23.6 Å². The molecule has 0 bridgehead atoms. The third-order valence-electron chi connectivity index (χ3n) is 4.54. The van der Waals surface area contributed by atoms with Crippen molar-refractivity contribution < 1.29 is 34.1 Å². The highest BCUT2D eigenvalue weighted by atomic mass is 16.6. The molecule has 0 radical (unpaired) electrons. The van der Waals surface area contributed by atoms with Crippen LogP contribution >= 0.6 is 0 Å². The van der Waals surface area contributed by atoms with Gasteiger partial charge >= 0.3 is 6.09 Å². The van der Waals surface area contributed by atoms with Gasteiger partial charge in [0.15, 0.2) is 0 Å². The highest BCUT2D eigenvalue weighted by molar-refractivity contribution is 5.86. The number of carbonyl (C=O) groups excluding carboxylic acids is 2. The highest BCUT2D eigenvalue weighted by Crippen LogP contribution is 2.30. The van der Waals surface area contributed by atoms with Crippen LogP contribution in [-0.2, 0) is 9.53 Å². The van der Waals surface area contributed by atoms with Gasteiger partial charge in [0.1, 0.15) is 24.2 Å². The molecule has 0 fully saturated rings. The molecule has 172 valence electrons. The summed E-state index contributed by atoms with van der Waals surface area (Å²) in [5.74, 6) is 0.412. The number of allylic oxidation sites excluding steroid dienone is 1. The molecule has 0 unspecified atom stereocenters. The monoisotopic (exact) mass is 444 g/mol. The van der Waals surface area contributed by atoms with Gasteiger partial charge in [-0.05, 0) is 48.4 Å². The van der Waals surface area contributed by atoms with E-state index in [1.165, 1.54) is 11.6 Å². The Hall–Kier alpha value is -3.56. The van der Waals surface area contributed by atoms with Gasteiger partial charge in [0.25, 0.3) is 5.91 Å². The average molecular weight is 444 g/mol. The molecule has 0 aliphatic rings. The SMILES string of the molecule is COc1ccc(NC(=O)O[C@H](c2ccc(OCCO)cc2)[C@@H](C)C/C=C/C(=O)NO)cc1. The molecule has 0 aliphatic carbocycles. The Morgan fingerprint density at radius 3 is 2.31 bits per heavy atom. The molecular weight excluding hydrogens is 416 g/mol. The summed E-state index contributed by atoms with van der Waals surface area (Å²) in [6.45, 7) is 1.96. The Labute approximate surface area is 186 Å². The number of amides is 2. The number of hydroxylamine groups is 1. The van der Waals surface area contributed by atoms with E-state index in [0.717, 1.165) is 5.56 Å². The van der Waals surface area contributed by atoms with E-state index in [1.807, 2.05) is 6.92 Å². The molecule has 9 heteroatoms. The van der Waals surface area contributed by atoms with Crippen molar-refractivity contribution in [1.82, 2.24) is 5.48 Å². The van der Waals surface area contributed by atoms with Crippen molar-refractivity contribution in [1.29, 1.82) is 0 Å². The van der Waals surface area contributed by atoms with E-state index in [9.17, 15) is 9.59 Å². The summed E-state index contributed by atoms with van der Waals surface area (Å²) in [6, 6.07) is 13.8. The second kappa shape index (κ2) is 13.0. The minimum atomic E-state index is -0.641. The Morgan fingerprint density at radius 2 is 1.72 bits per heavy atom. The first-order valence-electron chi connectivity index (χ1n) is 10.0.